The quantitative estimate of drug-likeness (QED) is 0.144. The molecule has 0 spiro atoms. The molecular weight excluding hydrogens is 703 g/mol. The second-order valence-electron chi connectivity index (χ2n) is 9.46. The van der Waals surface area contributed by atoms with Gasteiger partial charge in [-0.25, -0.2) is 17.4 Å². The first kappa shape index (κ1) is 35.7. The molecule has 2 amide bonds. The number of carboxylic acids is 1. The van der Waals surface area contributed by atoms with Crippen molar-refractivity contribution in [1.29, 1.82) is 0 Å². The van der Waals surface area contributed by atoms with Gasteiger partial charge in [-0.2, -0.15) is 37.2 Å². The summed E-state index contributed by atoms with van der Waals surface area (Å²) in [6.07, 6.45) is 0. The van der Waals surface area contributed by atoms with Gasteiger partial charge in [0.1, 0.15) is 5.75 Å². The number of ether oxygens (including phenoxy) is 1. The molecule has 4 rings (SSSR count). The van der Waals surface area contributed by atoms with Crippen LogP contribution in [-0.4, -0.2) is 88.5 Å². The average molecular weight is 726 g/mol. The van der Waals surface area contributed by atoms with Gasteiger partial charge in [0.25, 0.3) is 21.9 Å². The van der Waals surface area contributed by atoms with Gasteiger partial charge in [0.2, 0.25) is 6.04 Å². The van der Waals surface area contributed by atoms with Crippen molar-refractivity contribution < 1.29 is 62.8 Å². The number of hydrogen-bond donors (Lipinski definition) is 4. The highest BCUT2D eigenvalue weighted by Crippen LogP contribution is 2.29. The maximum atomic E-state index is 13.0. The van der Waals surface area contributed by atoms with E-state index in [0.29, 0.717) is 5.01 Å². The van der Waals surface area contributed by atoms with E-state index in [1.165, 1.54) is 37.4 Å². The summed E-state index contributed by atoms with van der Waals surface area (Å²) in [5.41, 5.74) is -0.596. The molecule has 1 heterocycles. The van der Waals surface area contributed by atoms with Gasteiger partial charge in [-0.05, 0) is 66.7 Å². The fourth-order valence-corrected chi connectivity index (χ4v) is 5.99. The summed E-state index contributed by atoms with van der Waals surface area (Å²) in [5.74, 6) is -3.94. The Morgan fingerprint density at radius 1 is 0.938 bits per heavy atom. The Kier molecular flexibility index (Phi) is 10.4. The number of azo groups is 1. The molecule has 1 atom stereocenters. The van der Waals surface area contributed by atoms with E-state index in [1.54, 1.807) is 0 Å². The number of hydrogen-bond acceptors (Lipinski definition) is 14. The van der Waals surface area contributed by atoms with E-state index in [-0.39, 0.29) is 33.3 Å². The van der Waals surface area contributed by atoms with Crippen molar-refractivity contribution in [3.05, 3.63) is 72.3 Å². The largest absolute Gasteiger partial charge is 0.495 e. The van der Waals surface area contributed by atoms with Crippen molar-refractivity contribution in [2.45, 2.75) is 15.8 Å². The van der Waals surface area contributed by atoms with Crippen LogP contribution in [0.15, 0.2) is 91.9 Å². The summed E-state index contributed by atoms with van der Waals surface area (Å²) in [4.78, 5) is 36.9. The molecule has 0 aliphatic carbocycles. The second-order valence-corrected chi connectivity index (χ2v) is 14.1. The van der Waals surface area contributed by atoms with Gasteiger partial charge in [-0.15, -0.1) is 0 Å². The molecule has 254 valence electrons. The fraction of sp³-hybridized carbons (Fsp3) is 0.154. The van der Waals surface area contributed by atoms with Gasteiger partial charge in [-0.1, -0.05) is 0 Å². The summed E-state index contributed by atoms with van der Waals surface area (Å²) in [5, 5.41) is 24.2. The molecule has 3 aromatic carbocycles. The highest BCUT2D eigenvalue weighted by molar-refractivity contribution is 7.91. The standard InChI is InChI=1S/C26H23N5O14S3/c1-44-21-11-10-19(46(36,37)13-12-45-48(41,42)43)14-20(21)27-24(32)15-2-4-16(5-3-15)28-29-22-23(26(34)35)30-31(25(22)33)17-6-8-18(9-7-17)47(38,39)40/h2-11,14,22H,12-13H2,1H3,(H,27,32)(H,34,35)(H,38,39,40)(H,41,42,43). The van der Waals surface area contributed by atoms with Crippen molar-refractivity contribution in [1.82, 2.24) is 0 Å². The zero-order valence-corrected chi connectivity index (χ0v) is 26.6. The van der Waals surface area contributed by atoms with Crippen LogP contribution >= 0.6 is 0 Å². The number of aliphatic carboxylic acids is 1. The number of rotatable bonds is 13. The number of benzene rings is 3. The first-order chi connectivity index (χ1) is 22.4. The number of methoxy groups -OCH3 is 1. The molecule has 0 aromatic heterocycles. The topological polar surface area (TPSA) is 285 Å². The predicted molar refractivity (Wildman–Crippen MR) is 164 cm³/mol. The normalized spacial score (nSPS) is 15.4. The Labute approximate surface area is 272 Å². The predicted octanol–water partition coefficient (Wildman–Crippen LogP) is 1.73. The summed E-state index contributed by atoms with van der Waals surface area (Å²) < 4.78 is 96.2. The molecule has 3 aromatic rings. The van der Waals surface area contributed by atoms with Crippen LogP contribution in [0.1, 0.15) is 10.4 Å². The van der Waals surface area contributed by atoms with E-state index in [9.17, 15) is 44.7 Å². The highest BCUT2D eigenvalue weighted by Gasteiger charge is 2.41. The third kappa shape index (κ3) is 8.61. The maximum absolute atomic E-state index is 13.0. The van der Waals surface area contributed by atoms with Gasteiger partial charge in [-0.3, -0.25) is 18.7 Å². The molecule has 1 aliphatic rings. The van der Waals surface area contributed by atoms with Gasteiger partial charge in [0, 0.05) is 5.56 Å². The molecule has 19 nitrogen and oxygen atoms in total. The lowest BCUT2D eigenvalue weighted by Gasteiger charge is -2.13. The monoisotopic (exact) mass is 725 g/mol. The molecule has 1 unspecified atom stereocenters. The van der Waals surface area contributed by atoms with Crippen molar-refractivity contribution in [2.75, 3.05) is 29.8 Å². The molecule has 1 aliphatic heterocycles. The zero-order valence-electron chi connectivity index (χ0n) is 24.2. The van der Waals surface area contributed by atoms with Crippen LogP contribution in [0.5, 0.6) is 5.75 Å². The van der Waals surface area contributed by atoms with Crippen LogP contribution < -0.4 is 15.1 Å². The Balaban J connectivity index is 1.48. The van der Waals surface area contributed by atoms with E-state index in [0.717, 1.165) is 36.4 Å². The lowest BCUT2D eigenvalue weighted by molar-refractivity contribution is -0.130. The number of hydrazone groups is 1. The fourth-order valence-electron chi connectivity index (χ4n) is 4.00. The van der Waals surface area contributed by atoms with Crippen LogP contribution in [0, 0.1) is 0 Å². The van der Waals surface area contributed by atoms with Crippen LogP contribution in [-0.2, 0) is 44.1 Å². The molecular formula is C26H23N5O14S3. The van der Waals surface area contributed by atoms with E-state index in [4.69, 9.17) is 13.8 Å². The summed E-state index contributed by atoms with van der Waals surface area (Å²) in [6.45, 7) is -0.858. The van der Waals surface area contributed by atoms with Crippen LogP contribution in [0.3, 0.4) is 0 Å². The highest BCUT2D eigenvalue weighted by atomic mass is 32.3. The van der Waals surface area contributed by atoms with Crippen molar-refractivity contribution in [2.24, 2.45) is 15.3 Å². The number of carbonyl (C=O) groups excluding carboxylic acids is 2. The van der Waals surface area contributed by atoms with Gasteiger partial charge in [0.15, 0.2) is 15.5 Å². The molecule has 0 radical (unpaired) electrons. The average Bonchev–Trinajstić information content (AvgIpc) is 3.35. The van der Waals surface area contributed by atoms with Gasteiger partial charge in [0.05, 0.1) is 46.3 Å². The number of carbonyl (C=O) groups is 3. The minimum atomic E-state index is -4.85. The van der Waals surface area contributed by atoms with E-state index in [2.05, 4.69) is 24.8 Å². The minimum Gasteiger partial charge on any atom is -0.495 e. The van der Waals surface area contributed by atoms with Crippen molar-refractivity contribution >= 4 is 70.9 Å². The Morgan fingerprint density at radius 3 is 2.12 bits per heavy atom. The van der Waals surface area contributed by atoms with Crippen molar-refractivity contribution in [3.63, 3.8) is 0 Å². The number of nitrogens with one attached hydrogen (secondary N) is 1. The molecule has 0 saturated heterocycles. The Morgan fingerprint density at radius 2 is 1.56 bits per heavy atom. The SMILES string of the molecule is COc1ccc(S(=O)(=O)CCOS(=O)(=O)O)cc1NC(=O)c1ccc(N=NC2C(=O)N(c3ccc(S(=O)(=O)O)cc3)N=C2C(=O)O)cc1. The number of carboxylic acid groups (broad SMARTS) is 1. The van der Waals surface area contributed by atoms with Crippen LogP contribution in [0.2, 0.25) is 0 Å². The van der Waals surface area contributed by atoms with Gasteiger partial charge < -0.3 is 15.2 Å². The first-order valence-corrected chi connectivity index (χ1v) is 17.4. The van der Waals surface area contributed by atoms with Crippen LogP contribution in [0.4, 0.5) is 17.1 Å². The Hall–Kier alpha value is -5.13. The van der Waals surface area contributed by atoms with E-state index >= 15 is 0 Å². The molecule has 0 saturated carbocycles. The molecule has 0 bridgehead atoms. The third-order valence-electron chi connectivity index (χ3n) is 6.29. The number of anilines is 2. The van der Waals surface area contributed by atoms with Crippen LogP contribution in [0.25, 0.3) is 0 Å². The van der Waals surface area contributed by atoms with E-state index in [1.807, 2.05) is 0 Å². The molecule has 0 fully saturated rings. The third-order valence-corrected chi connectivity index (χ3v) is 9.30. The van der Waals surface area contributed by atoms with E-state index < -0.39 is 77.1 Å². The number of nitrogens with zero attached hydrogens (tertiary/aromatic N) is 4. The lowest BCUT2D eigenvalue weighted by Crippen LogP contribution is -2.33. The number of sulfone groups is 1. The maximum Gasteiger partial charge on any atom is 0.397 e. The zero-order chi connectivity index (χ0) is 35.4. The molecule has 4 N–H and O–H groups in total. The summed E-state index contributed by atoms with van der Waals surface area (Å²) in [7, 11) is -12.2. The van der Waals surface area contributed by atoms with Crippen molar-refractivity contribution in [3.8, 4) is 5.75 Å². The summed E-state index contributed by atoms with van der Waals surface area (Å²) in [6, 6.07) is 11.3. The summed E-state index contributed by atoms with van der Waals surface area (Å²) >= 11 is 0. The smallest absolute Gasteiger partial charge is 0.397 e. The molecule has 48 heavy (non-hydrogen) atoms. The lowest BCUT2D eigenvalue weighted by atomic mass is 10.2. The second kappa shape index (κ2) is 13.9. The molecule has 22 heteroatoms. The van der Waals surface area contributed by atoms with Gasteiger partial charge >= 0.3 is 16.4 Å². The minimum absolute atomic E-state index is 0.00912. The number of amides is 2. The first-order valence-electron chi connectivity index (χ1n) is 13.0. The Bertz CT molecular complexity index is 2150.